The molecule has 3 rings (SSSR count). The Morgan fingerprint density at radius 2 is 1.76 bits per heavy atom. The zero-order valence-corrected chi connectivity index (χ0v) is 19.2. The third-order valence-corrected chi connectivity index (χ3v) is 4.98. The minimum atomic E-state index is -0.475. The summed E-state index contributed by atoms with van der Waals surface area (Å²) in [5.41, 5.74) is 3.39. The van der Waals surface area contributed by atoms with Gasteiger partial charge in [-0.1, -0.05) is 42.5 Å². The molecule has 6 nitrogen and oxygen atoms in total. The second kappa shape index (κ2) is 11.0. The Morgan fingerprint density at radius 3 is 2.34 bits per heavy atom. The minimum Gasteiger partial charge on any atom is -0.453 e. The molecular formula is C22H29IN4O2. The number of hydrogen-bond acceptors (Lipinski definition) is 3. The maximum Gasteiger partial charge on any atom is 0.411 e. The van der Waals surface area contributed by atoms with E-state index in [-0.39, 0.29) is 29.4 Å². The van der Waals surface area contributed by atoms with Crippen LogP contribution in [0.1, 0.15) is 30.9 Å². The van der Waals surface area contributed by atoms with Gasteiger partial charge in [0.15, 0.2) is 5.96 Å². The smallest absolute Gasteiger partial charge is 0.411 e. The number of methoxy groups -OCH3 is 1. The van der Waals surface area contributed by atoms with Gasteiger partial charge in [-0.2, -0.15) is 0 Å². The minimum absolute atomic E-state index is 0. The number of guanidine groups is 1. The van der Waals surface area contributed by atoms with Crippen LogP contribution in [0.2, 0.25) is 0 Å². The zero-order valence-electron chi connectivity index (χ0n) is 16.9. The van der Waals surface area contributed by atoms with Crippen LogP contribution in [-0.4, -0.2) is 32.3 Å². The van der Waals surface area contributed by atoms with Gasteiger partial charge in [0.1, 0.15) is 0 Å². The largest absolute Gasteiger partial charge is 0.453 e. The number of nitrogens with zero attached hydrogens (tertiary/aromatic N) is 1. The predicted octanol–water partition coefficient (Wildman–Crippen LogP) is 4.27. The number of amides is 1. The molecule has 0 atom stereocenters. The Bertz CT molecular complexity index is 805. The third-order valence-electron chi connectivity index (χ3n) is 4.98. The molecule has 1 aliphatic carbocycles. The first kappa shape index (κ1) is 23.0. The molecule has 0 saturated heterocycles. The Hall–Kier alpha value is -2.29. The molecule has 1 aliphatic rings. The summed E-state index contributed by atoms with van der Waals surface area (Å²) >= 11 is 0. The van der Waals surface area contributed by atoms with Gasteiger partial charge in [0, 0.05) is 24.2 Å². The molecule has 0 spiro atoms. The standard InChI is InChI=1S/C22H28N4O2.HI/c1-3-23-20(25-16-22(13-14-22)18-7-5-4-6-8-18)24-15-17-9-11-19(12-10-17)26-21(27)28-2;/h4-12H,3,13-16H2,1-2H3,(H,26,27)(H2,23,24,25);1H. The van der Waals surface area contributed by atoms with E-state index in [4.69, 9.17) is 4.99 Å². The highest BCUT2D eigenvalue weighted by atomic mass is 127. The summed E-state index contributed by atoms with van der Waals surface area (Å²) in [7, 11) is 1.34. The highest BCUT2D eigenvalue weighted by Gasteiger charge is 2.43. The lowest BCUT2D eigenvalue weighted by Crippen LogP contribution is -2.41. The average Bonchev–Trinajstić information content (AvgIpc) is 3.53. The first-order valence-corrected chi connectivity index (χ1v) is 9.67. The molecule has 2 aromatic carbocycles. The number of carbonyl (C=O) groups excluding carboxylic acids is 1. The molecule has 0 aromatic heterocycles. The number of carbonyl (C=O) groups is 1. The average molecular weight is 508 g/mol. The molecule has 29 heavy (non-hydrogen) atoms. The summed E-state index contributed by atoms with van der Waals surface area (Å²) in [5.74, 6) is 0.821. The number of hydrogen-bond donors (Lipinski definition) is 3. The van der Waals surface area contributed by atoms with Gasteiger partial charge in [-0.05, 0) is 43.0 Å². The van der Waals surface area contributed by atoms with Crippen LogP contribution in [0.15, 0.2) is 59.6 Å². The van der Waals surface area contributed by atoms with Crippen molar-refractivity contribution in [1.29, 1.82) is 0 Å². The molecule has 0 radical (unpaired) electrons. The number of rotatable bonds is 7. The van der Waals surface area contributed by atoms with E-state index in [1.54, 1.807) is 0 Å². The van der Waals surface area contributed by atoms with Crippen LogP contribution in [-0.2, 0) is 16.7 Å². The van der Waals surface area contributed by atoms with E-state index in [0.29, 0.717) is 12.2 Å². The second-order valence-corrected chi connectivity index (χ2v) is 7.01. The lowest BCUT2D eigenvalue weighted by molar-refractivity contribution is 0.187. The monoisotopic (exact) mass is 508 g/mol. The first-order chi connectivity index (χ1) is 13.6. The fraction of sp³-hybridized carbons (Fsp3) is 0.364. The first-order valence-electron chi connectivity index (χ1n) is 9.67. The van der Waals surface area contributed by atoms with Gasteiger partial charge in [0.25, 0.3) is 0 Å². The summed E-state index contributed by atoms with van der Waals surface area (Å²) in [6.45, 7) is 4.32. The molecule has 1 saturated carbocycles. The van der Waals surface area contributed by atoms with Crippen molar-refractivity contribution in [3.8, 4) is 0 Å². The Morgan fingerprint density at radius 1 is 1.07 bits per heavy atom. The van der Waals surface area contributed by atoms with Crippen molar-refractivity contribution in [1.82, 2.24) is 10.6 Å². The van der Waals surface area contributed by atoms with Gasteiger partial charge in [-0.25, -0.2) is 9.79 Å². The molecule has 0 aliphatic heterocycles. The van der Waals surface area contributed by atoms with Gasteiger partial charge in [0.2, 0.25) is 0 Å². The van der Waals surface area contributed by atoms with Crippen molar-refractivity contribution in [2.45, 2.75) is 31.7 Å². The topological polar surface area (TPSA) is 74.8 Å². The second-order valence-electron chi connectivity index (χ2n) is 7.01. The van der Waals surface area contributed by atoms with Crippen LogP contribution in [0.4, 0.5) is 10.5 Å². The van der Waals surface area contributed by atoms with Crippen LogP contribution in [0.5, 0.6) is 0 Å². The van der Waals surface area contributed by atoms with Crippen LogP contribution in [0.25, 0.3) is 0 Å². The van der Waals surface area contributed by atoms with Gasteiger partial charge in [-0.3, -0.25) is 5.32 Å². The summed E-state index contributed by atoms with van der Waals surface area (Å²) in [6, 6.07) is 18.3. The van der Waals surface area contributed by atoms with E-state index >= 15 is 0 Å². The zero-order chi connectivity index (χ0) is 19.8. The van der Waals surface area contributed by atoms with Crippen LogP contribution >= 0.6 is 24.0 Å². The van der Waals surface area contributed by atoms with Crippen molar-refractivity contribution in [3.63, 3.8) is 0 Å². The third kappa shape index (κ3) is 6.62. The normalized spacial score (nSPS) is 14.3. The van der Waals surface area contributed by atoms with Crippen molar-refractivity contribution in [3.05, 3.63) is 65.7 Å². The van der Waals surface area contributed by atoms with Gasteiger partial charge in [0.05, 0.1) is 13.7 Å². The fourth-order valence-corrected chi connectivity index (χ4v) is 3.14. The maximum atomic E-state index is 11.2. The number of nitrogens with one attached hydrogen (secondary N) is 3. The molecule has 3 N–H and O–H groups in total. The fourth-order valence-electron chi connectivity index (χ4n) is 3.14. The number of ether oxygens (including phenoxy) is 1. The highest BCUT2D eigenvalue weighted by Crippen LogP contribution is 2.47. The van der Waals surface area contributed by atoms with Crippen molar-refractivity contribution < 1.29 is 9.53 Å². The van der Waals surface area contributed by atoms with E-state index in [1.807, 2.05) is 24.3 Å². The van der Waals surface area contributed by atoms with Crippen LogP contribution in [0.3, 0.4) is 0 Å². The van der Waals surface area contributed by atoms with E-state index in [0.717, 1.165) is 24.6 Å². The molecule has 156 valence electrons. The van der Waals surface area contributed by atoms with Crippen LogP contribution in [0, 0.1) is 0 Å². The van der Waals surface area contributed by atoms with E-state index in [9.17, 15) is 4.79 Å². The van der Waals surface area contributed by atoms with E-state index in [2.05, 4.69) is 57.9 Å². The molecule has 2 aromatic rings. The number of benzene rings is 2. The number of anilines is 1. The van der Waals surface area contributed by atoms with Gasteiger partial charge >= 0.3 is 6.09 Å². The lowest BCUT2D eigenvalue weighted by Gasteiger charge is -2.19. The molecule has 1 fully saturated rings. The lowest BCUT2D eigenvalue weighted by atomic mass is 9.96. The molecule has 0 unspecified atom stereocenters. The van der Waals surface area contributed by atoms with Crippen molar-refractivity contribution in [2.75, 3.05) is 25.5 Å². The van der Waals surface area contributed by atoms with Crippen molar-refractivity contribution >= 4 is 41.7 Å². The van der Waals surface area contributed by atoms with Crippen LogP contribution < -0.4 is 16.0 Å². The Kier molecular flexibility index (Phi) is 8.75. The molecule has 0 heterocycles. The summed E-state index contributed by atoms with van der Waals surface area (Å²) < 4.78 is 4.59. The van der Waals surface area contributed by atoms with Crippen molar-refractivity contribution in [2.24, 2.45) is 4.99 Å². The SMILES string of the molecule is CCNC(=NCc1ccc(NC(=O)OC)cc1)NCC1(c2ccccc2)CC1.I. The number of aliphatic imine (C=N–C) groups is 1. The summed E-state index contributed by atoms with van der Waals surface area (Å²) in [6.07, 6.45) is 1.94. The molecule has 0 bridgehead atoms. The predicted molar refractivity (Wildman–Crippen MR) is 128 cm³/mol. The van der Waals surface area contributed by atoms with E-state index in [1.165, 1.54) is 25.5 Å². The molecule has 7 heteroatoms. The maximum absolute atomic E-state index is 11.2. The summed E-state index contributed by atoms with van der Waals surface area (Å²) in [4.78, 5) is 15.9. The molecular weight excluding hydrogens is 479 g/mol. The Labute approximate surface area is 189 Å². The highest BCUT2D eigenvalue weighted by molar-refractivity contribution is 14.0. The summed E-state index contributed by atoms with van der Waals surface area (Å²) in [5, 5.41) is 9.46. The Balaban J connectivity index is 0.00000300. The quantitative estimate of drug-likeness (QED) is 0.297. The van der Waals surface area contributed by atoms with E-state index < -0.39 is 6.09 Å². The number of halogens is 1. The van der Waals surface area contributed by atoms with Gasteiger partial charge < -0.3 is 15.4 Å². The molecule has 1 amide bonds. The van der Waals surface area contributed by atoms with Gasteiger partial charge in [-0.15, -0.1) is 24.0 Å².